The van der Waals surface area contributed by atoms with Crippen LogP contribution in [0.25, 0.3) is 0 Å². The molecule has 198 valence electrons. The summed E-state index contributed by atoms with van der Waals surface area (Å²) in [4.78, 5) is 52.7. The van der Waals surface area contributed by atoms with E-state index in [1.54, 1.807) is 20.8 Å². The minimum Gasteiger partial charge on any atom is -0.458 e. The predicted molar refractivity (Wildman–Crippen MR) is 139 cm³/mol. The van der Waals surface area contributed by atoms with E-state index in [-0.39, 0.29) is 37.6 Å². The maximum absolute atomic E-state index is 13.1. The third kappa shape index (κ3) is 9.04. The highest BCUT2D eigenvalue weighted by atomic mass is 16.6. The minimum absolute atomic E-state index is 0.0514. The van der Waals surface area contributed by atoms with Gasteiger partial charge in [-0.2, -0.15) is 0 Å². The zero-order chi connectivity index (χ0) is 26.8. The van der Waals surface area contributed by atoms with Gasteiger partial charge in [0.2, 0.25) is 5.91 Å². The summed E-state index contributed by atoms with van der Waals surface area (Å²) in [6.45, 7) is 5.90. The van der Waals surface area contributed by atoms with E-state index in [1.807, 2.05) is 60.7 Å². The molecule has 0 saturated carbocycles. The van der Waals surface area contributed by atoms with Crippen LogP contribution in [-0.2, 0) is 36.9 Å². The molecule has 0 aromatic heterocycles. The Hall–Kier alpha value is -3.68. The zero-order valence-electron chi connectivity index (χ0n) is 21.8. The molecule has 1 N–H and O–H groups in total. The highest BCUT2D eigenvalue weighted by molar-refractivity contribution is 5.92. The number of nitrogens with one attached hydrogen (secondary N) is 1. The molecule has 3 rings (SSSR count). The van der Waals surface area contributed by atoms with Crippen molar-refractivity contribution in [2.24, 2.45) is 0 Å². The van der Waals surface area contributed by atoms with Crippen LogP contribution in [0.2, 0.25) is 0 Å². The smallest absolute Gasteiger partial charge is 0.408 e. The lowest BCUT2D eigenvalue weighted by molar-refractivity contribution is -0.163. The van der Waals surface area contributed by atoms with E-state index in [1.165, 1.54) is 4.90 Å². The van der Waals surface area contributed by atoms with Gasteiger partial charge in [-0.3, -0.25) is 9.59 Å². The fraction of sp³-hybridized carbons (Fsp3) is 0.448. The van der Waals surface area contributed by atoms with E-state index < -0.39 is 29.7 Å². The van der Waals surface area contributed by atoms with Crippen molar-refractivity contribution in [3.8, 4) is 0 Å². The van der Waals surface area contributed by atoms with Gasteiger partial charge in [-0.05, 0) is 51.2 Å². The zero-order valence-corrected chi connectivity index (χ0v) is 21.8. The Balaban J connectivity index is 1.59. The molecule has 1 fully saturated rings. The number of carbonyl (C=O) groups is 4. The van der Waals surface area contributed by atoms with Crippen LogP contribution in [-0.4, -0.2) is 52.9 Å². The lowest BCUT2D eigenvalue weighted by atomic mass is 9.99. The van der Waals surface area contributed by atoms with E-state index in [9.17, 15) is 19.2 Å². The van der Waals surface area contributed by atoms with Crippen molar-refractivity contribution in [2.45, 2.75) is 77.2 Å². The minimum atomic E-state index is -0.848. The van der Waals surface area contributed by atoms with Crippen LogP contribution in [0.4, 0.5) is 4.79 Å². The Kier molecular flexibility index (Phi) is 9.83. The summed E-state index contributed by atoms with van der Waals surface area (Å²) in [5.74, 6) is -0.969. The number of hydrogen-bond donors (Lipinski definition) is 1. The molecule has 37 heavy (non-hydrogen) atoms. The molecule has 0 radical (unpaired) electrons. The summed E-state index contributed by atoms with van der Waals surface area (Å²) in [6, 6.07) is 17.1. The molecule has 0 bridgehead atoms. The molecule has 1 aliphatic rings. The second kappa shape index (κ2) is 13.0. The lowest BCUT2D eigenvalue weighted by Crippen LogP contribution is -2.45. The third-order valence-electron chi connectivity index (χ3n) is 6.01. The van der Waals surface area contributed by atoms with Gasteiger partial charge in [-0.15, -0.1) is 0 Å². The molecule has 1 saturated heterocycles. The SMILES string of the molecule is CC(C)(C)OC(=O)[C@@H]1CCCN1C(=O)CCC(=O)[C@@H](Cc1ccccc1)NC(=O)OCc1ccccc1. The number of alkyl carbamates (subject to hydrolysis) is 1. The van der Waals surface area contributed by atoms with Crippen LogP contribution in [0.5, 0.6) is 0 Å². The molecular formula is C29H36N2O6. The topological polar surface area (TPSA) is 102 Å². The normalized spacial score (nSPS) is 16.1. The molecule has 0 spiro atoms. The highest BCUT2D eigenvalue weighted by Crippen LogP contribution is 2.22. The lowest BCUT2D eigenvalue weighted by Gasteiger charge is -2.27. The first-order chi connectivity index (χ1) is 17.6. The van der Waals surface area contributed by atoms with Crippen molar-refractivity contribution < 1.29 is 28.7 Å². The molecule has 0 aliphatic carbocycles. The summed E-state index contributed by atoms with van der Waals surface area (Å²) < 4.78 is 10.8. The molecule has 1 heterocycles. The molecule has 8 heteroatoms. The van der Waals surface area contributed by atoms with Gasteiger partial charge in [0.1, 0.15) is 18.2 Å². The molecule has 2 aromatic carbocycles. The van der Waals surface area contributed by atoms with Crippen LogP contribution in [0.15, 0.2) is 60.7 Å². The number of Topliss-reactive ketones (excluding diaryl/α,β-unsaturated/α-hetero) is 1. The summed E-state index contributed by atoms with van der Waals surface area (Å²) in [7, 11) is 0. The Bertz CT molecular complexity index is 1060. The number of esters is 1. The Labute approximate surface area is 218 Å². The molecule has 2 atom stereocenters. The number of likely N-dealkylation sites (tertiary alicyclic amines) is 1. The first-order valence-corrected chi connectivity index (χ1v) is 12.7. The van der Waals surface area contributed by atoms with Crippen LogP contribution in [0.1, 0.15) is 57.6 Å². The predicted octanol–water partition coefficient (Wildman–Crippen LogP) is 4.21. The van der Waals surface area contributed by atoms with Crippen molar-refractivity contribution >= 4 is 23.8 Å². The molecule has 2 amide bonds. The summed E-state index contributed by atoms with van der Waals surface area (Å²) in [5, 5.41) is 2.67. The number of nitrogens with zero attached hydrogens (tertiary/aromatic N) is 1. The van der Waals surface area contributed by atoms with E-state index in [2.05, 4.69) is 5.32 Å². The van der Waals surface area contributed by atoms with Gasteiger partial charge >= 0.3 is 12.1 Å². The van der Waals surface area contributed by atoms with Crippen LogP contribution in [0, 0.1) is 0 Å². The van der Waals surface area contributed by atoms with Gasteiger partial charge in [0.15, 0.2) is 5.78 Å². The Morgan fingerprint density at radius 2 is 1.57 bits per heavy atom. The molecular weight excluding hydrogens is 472 g/mol. The molecule has 8 nitrogen and oxygen atoms in total. The van der Waals surface area contributed by atoms with Gasteiger partial charge in [0, 0.05) is 19.4 Å². The Morgan fingerprint density at radius 3 is 2.19 bits per heavy atom. The molecule has 0 unspecified atom stereocenters. The monoisotopic (exact) mass is 508 g/mol. The standard InChI is InChI=1S/C29H36N2O6/c1-29(2,3)37-27(34)24-15-10-18-31(24)26(33)17-16-25(32)23(19-21-11-6-4-7-12-21)30-28(35)36-20-22-13-8-5-9-14-22/h4-9,11-14,23-24H,10,15-20H2,1-3H3,(H,30,35)/t23-,24+/m1/s1. The van der Waals surface area contributed by atoms with E-state index in [0.717, 1.165) is 11.1 Å². The van der Waals surface area contributed by atoms with Crippen LogP contribution >= 0.6 is 0 Å². The summed E-state index contributed by atoms with van der Waals surface area (Å²) >= 11 is 0. The number of ketones is 1. The summed E-state index contributed by atoms with van der Waals surface area (Å²) in [5.41, 5.74) is 1.06. The number of hydrogen-bond acceptors (Lipinski definition) is 6. The van der Waals surface area contributed by atoms with Crippen molar-refractivity contribution in [1.82, 2.24) is 10.2 Å². The van der Waals surface area contributed by atoms with E-state index >= 15 is 0 Å². The fourth-order valence-electron chi connectivity index (χ4n) is 4.23. The third-order valence-corrected chi connectivity index (χ3v) is 6.01. The van der Waals surface area contributed by atoms with Crippen LogP contribution < -0.4 is 5.32 Å². The number of ether oxygens (including phenoxy) is 2. The van der Waals surface area contributed by atoms with Crippen molar-refractivity contribution in [2.75, 3.05) is 6.54 Å². The van der Waals surface area contributed by atoms with Gasteiger partial charge in [0.25, 0.3) is 0 Å². The largest absolute Gasteiger partial charge is 0.458 e. The highest BCUT2D eigenvalue weighted by Gasteiger charge is 2.37. The average Bonchev–Trinajstić information content (AvgIpc) is 3.36. The molecule has 2 aromatic rings. The number of amides is 2. The number of rotatable bonds is 10. The maximum atomic E-state index is 13.1. The van der Waals surface area contributed by atoms with Gasteiger partial charge in [0.05, 0.1) is 6.04 Å². The number of carbonyl (C=O) groups excluding carboxylic acids is 4. The van der Waals surface area contributed by atoms with E-state index in [4.69, 9.17) is 9.47 Å². The van der Waals surface area contributed by atoms with E-state index in [0.29, 0.717) is 19.4 Å². The quantitative estimate of drug-likeness (QED) is 0.483. The van der Waals surface area contributed by atoms with Gasteiger partial charge in [-0.1, -0.05) is 60.7 Å². The fourth-order valence-corrected chi connectivity index (χ4v) is 4.23. The van der Waals surface area contributed by atoms with Crippen molar-refractivity contribution in [3.63, 3.8) is 0 Å². The first-order valence-electron chi connectivity index (χ1n) is 12.7. The van der Waals surface area contributed by atoms with Gasteiger partial charge < -0.3 is 19.7 Å². The molecule has 1 aliphatic heterocycles. The summed E-state index contributed by atoms with van der Waals surface area (Å²) in [6.07, 6.45) is 0.707. The Morgan fingerprint density at radius 1 is 0.946 bits per heavy atom. The second-order valence-corrected chi connectivity index (χ2v) is 10.2. The second-order valence-electron chi connectivity index (χ2n) is 10.2. The first kappa shape index (κ1) is 27.9. The average molecular weight is 509 g/mol. The van der Waals surface area contributed by atoms with Crippen molar-refractivity contribution in [3.05, 3.63) is 71.8 Å². The van der Waals surface area contributed by atoms with Crippen LogP contribution in [0.3, 0.4) is 0 Å². The maximum Gasteiger partial charge on any atom is 0.408 e. The van der Waals surface area contributed by atoms with Gasteiger partial charge in [-0.25, -0.2) is 9.59 Å². The van der Waals surface area contributed by atoms with Crippen molar-refractivity contribution in [1.29, 1.82) is 0 Å². The number of benzene rings is 2.